The van der Waals surface area contributed by atoms with Gasteiger partial charge >= 0.3 is 12.4 Å². The van der Waals surface area contributed by atoms with Crippen molar-refractivity contribution in [2.75, 3.05) is 0 Å². The van der Waals surface area contributed by atoms with Crippen molar-refractivity contribution in [3.05, 3.63) is 115 Å². The molecule has 9 heteroatoms. The van der Waals surface area contributed by atoms with Gasteiger partial charge in [-0.05, 0) is 53.6 Å². The summed E-state index contributed by atoms with van der Waals surface area (Å²) in [6.45, 7) is 0. The quantitative estimate of drug-likeness (QED) is 0.208. The third-order valence-corrected chi connectivity index (χ3v) is 6.61. The predicted molar refractivity (Wildman–Crippen MR) is 141 cm³/mol. The van der Waals surface area contributed by atoms with Gasteiger partial charge in [0.05, 0.1) is 27.9 Å². The highest BCUT2D eigenvalue weighted by Crippen LogP contribution is 2.39. The lowest BCUT2D eigenvalue weighted by Gasteiger charge is -2.14. The van der Waals surface area contributed by atoms with Crippen LogP contribution in [0.3, 0.4) is 0 Å². The van der Waals surface area contributed by atoms with Crippen LogP contribution in [0.25, 0.3) is 55.3 Å². The second-order valence-corrected chi connectivity index (χ2v) is 9.24. The molecule has 3 nitrogen and oxygen atoms in total. The molecule has 0 amide bonds. The first kappa shape index (κ1) is 25.5. The molecule has 0 aliphatic heterocycles. The van der Waals surface area contributed by atoms with Gasteiger partial charge in [0, 0.05) is 46.1 Å². The van der Waals surface area contributed by atoms with Crippen molar-refractivity contribution in [2.45, 2.75) is 12.4 Å². The number of para-hydroxylation sites is 1. The van der Waals surface area contributed by atoms with Gasteiger partial charge in [-0.15, -0.1) is 0 Å². The van der Waals surface area contributed by atoms with Crippen LogP contribution in [-0.4, -0.2) is 15.0 Å². The average molecular weight is 545 g/mol. The van der Waals surface area contributed by atoms with Gasteiger partial charge in [-0.2, -0.15) is 26.3 Å². The number of benzene rings is 3. The third kappa shape index (κ3) is 4.86. The van der Waals surface area contributed by atoms with Crippen LogP contribution in [0, 0.1) is 0 Å². The van der Waals surface area contributed by atoms with Crippen LogP contribution >= 0.6 is 0 Å². The Morgan fingerprint density at radius 1 is 0.500 bits per heavy atom. The zero-order valence-corrected chi connectivity index (χ0v) is 20.4. The van der Waals surface area contributed by atoms with E-state index in [9.17, 15) is 26.3 Å². The molecule has 6 rings (SSSR count). The molecule has 3 aromatic heterocycles. The van der Waals surface area contributed by atoms with E-state index in [1.165, 1.54) is 12.1 Å². The van der Waals surface area contributed by atoms with E-state index >= 15 is 0 Å². The molecule has 0 radical (unpaired) electrons. The van der Waals surface area contributed by atoms with E-state index in [1.54, 1.807) is 24.7 Å². The SMILES string of the molecule is FC(F)(F)c1cc(-c2ccc3cc(-c4ccc(-c5cccc6cccnc56)nc4)cnc3c2)cc(C(F)(F)F)c1. The van der Waals surface area contributed by atoms with Crippen LogP contribution in [0.1, 0.15) is 11.1 Å². The number of nitrogens with zero attached hydrogens (tertiary/aromatic N) is 3. The highest BCUT2D eigenvalue weighted by atomic mass is 19.4. The molecule has 0 aliphatic rings. The molecule has 0 N–H and O–H groups in total. The molecule has 0 fully saturated rings. The number of pyridine rings is 3. The molecule has 0 spiro atoms. The Morgan fingerprint density at radius 2 is 1.20 bits per heavy atom. The summed E-state index contributed by atoms with van der Waals surface area (Å²) in [7, 11) is 0. The fourth-order valence-corrected chi connectivity index (χ4v) is 4.62. The normalized spacial score (nSPS) is 12.2. The van der Waals surface area contributed by atoms with Crippen molar-refractivity contribution >= 4 is 21.8 Å². The van der Waals surface area contributed by atoms with Crippen molar-refractivity contribution in [2.24, 2.45) is 0 Å². The molecule has 3 heterocycles. The fraction of sp³-hybridized carbons (Fsp3) is 0.0645. The monoisotopic (exact) mass is 545 g/mol. The number of hydrogen-bond donors (Lipinski definition) is 0. The van der Waals surface area contributed by atoms with E-state index in [4.69, 9.17) is 0 Å². The first-order valence-electron chi connectivity index (χ1n) is 12.1. The highest BCUT2D eigenvalue weighted by Gasteiger charge is 2.37. The number of halogens is 6. The number of hydrogen-bond acceptors (Lipinski definition) is 3. The highest BCUT2D eigenvalue weighted by molar-refractivity contribution is 5.93. The molecule has 0 saturated heterocycles. The topological polar surface area (TPSA) is 38.7 Å². The largest absolute Gasteiger partial charge is 0.416 e. The minimum atomic E-state index is -4.92. The number of alkyl halides is 6. The first-order valence-corrected chi connectivity index (χ1v) is 12.1. The number of rotatable bonds is 3. The molecule has 0 atom stereocenters. The summed E-state index contributed by atoms with van der Waals surface area (Å²) >= 11 is 0. The Labute approximate surface area is 223 Å². The average Bonchev–Trinajstić information content (AvgIpc) is 2.95. The lowest BCUT2D eigenvalue weighted by atomic mass is 9.97. The van der Waals surface area contributed by atoms with Gasteiger partial charge in [-0.25, -0.2) is 0 Å². The number of fused-ring (bicyclic) bond motifs is 2. The van der Waals surface area contributed by atoms with E-state index < -0.39 is 23.5 Å². The molecule has 0 bridgehead atoms. The summed E-state index contributed by atoms with van der Waals surface area (Å²) in [5.41, 5.74) is 1.75. The van der Waals surface area contributed by atoms with Gasteiger partial charge in [-0.3, -0.25) is 15.0 Å². The Balaban J connectivity index is 1.34. The molecule has 0 saturated carbocycles. The second kappa shape index (κ2) is 9.44. The zero-order valence-electron chi connectivity index (χ0n) is 20.4. The van der Waals surface area contributed by atoms with Gasteiger partial charge in [0.1, 0.15) is 0 Å². The fourth-order valence-electron chi connectivity index (χ4n) is 4.62. The van der Waals surface area contributed by atoms with Gasteiger partial charge < -0.3 is 0 Å². The predicted octanol–water partition coefficient (Wildman–Crippen LogP) is 9.22. The molecular formula is C31H17F6N3. The summed E-state index contributed by atoms with van der Waals surface area (Å²) < 4.78 is 79.9. The molecular weight excluding hydrogens is 528 g/mol. The maximum atomic E-state index is 13.3. The van der Waals surface area contributed by atoms with E-state index in [2.05, 4.69) is 15.0 Å². The van der Waals surface area contributed by atoms with Gasteiger partial charge in [0.15, 0.2) is 0 Å². The van der Waals surface area contributed by atoms with Crippen LogP contribution in [0.4, 0.5) is 26.3 Å². The van der Waals surface area contributed by atoms with Crippen LogP contribution < -0.4 is 0 Å². The summed E-state index contributed by atoms with van der Waals surface area (Å²) in [6.07, 6.45) is -4.80. The molecule has 40 heavy (non-hydrogen) atoms. The van der Waals surface area contributed by atoms with Crippen LogP contribution in [0.15, 0.2) is 104 Å². The van der Waals surface area contributed by atoms with Crippen LogP contribution in [0.2, 0.25) is 0 Å². The number of aromatic nitrogens is 3. The Bertz CT molecular complexity index is 1840. The lowest BCUT2D eigenvalue weighted by molar-refractivity contribution is -0.143. The Kier molecular flexibility index (Phi) is 6.02. The maximum absolute atomic E-state index is 13.3. The summed E-state index contributed by atoms with van der Waals surface area (Å²) in [6, 6.07) is 21.5. The minimum Gasteiger partial charge on any atom is -0.256 e. The second-order valence-electron chi connectivity index (χ2n) is 9.24. The third-order valence-electron chi connectivity index (χ3n) is 6.61. The van der Waals surface area contributed by atoms with Gasteiger partial charge in [0.25, 0.3) is 0 Å². The van der Waals surface area contributed by atoms with Crippen molar-refractivity contribution in [3.63, 3.8) is 0 Å². The standard InChI is InChI=1S/C31H17F6N3/c32-30(33,34)24-12-22(13-25(15-24)31(35,36)37)19-6-7-20-11-23(17-40-28(20)14-19)21-8-9-27(39-16-21)26-5-1-3-18-4-2-10-38-29(18)26/h1-17H. The summed E-state index contributed by atoms with van der Waals surface area (Å²) in [5.74, 6) is 0. The molecule has 198 valence electrons. The Morgan fingerprint density at radius 3 is 1.90 bits per heavy atom. The van der Waals surface area contributed by atoms with E-state index in [0.717, 1.165) is 33.3 Å². The van der Waals surface area contributed by atoms with Crippen LogP contribution in [-0.2, 0) is 12.4 Å². The smallest absolute Gasteiger partial charge is 0.256 e. The van der Waals surface area contributed by atoms with Crippen molar-refractivity contribution < 1.29 is 26.3 Å². The minimum absolute atomic E-state index is 0.116. The summed E-state index contributed by atoms with van der Waals surface area (Å²) in [5, 5.41) is 1.68. The lowest BCUT2D eigenvalue weighted by Crippen LogP contribution is -2.11. The van der Waals surface area contributed by atoms with Crippen molar-refractivity contribution in [1.29, 1.82) is 0 Å². The van der Waals surface area contributed by atoms with E-state index in [-0.39, 0.29) is 17.2 Å². The van der Waals surface area contributed by atoms with Crippen molar-refractivity contribution in [1.82, 2.24) is 15.0 Å². The molecule has 6 aromatic rings. The Hall–Kier alpha value is -4.79. The van der Waals surface area contributed by atoms with E-state index in [0.29, 0.717) is 23.0 Å². The zero-order chi connectivity index (χ0) is 28.1. The molecule has 0 unspecified atom stereocenters. The summed E-state index contributed by atoms with van der Waals surface area (Å²) in [4.78, 5) is 13.5. The van der Waals surface area contributed by atoms with Crippen molar-refractivity contribution in [3.8, 4) is 33.5 Å². The van der Waals surface area contributed by atoms with Gasteiger partial charge in [0.2, 0.25) is 0 Å². The molecule has 3 aromatic carbocycles. The first-order chi connectivity index (χ1) is 19.1. The molecule has 0 aliphatic carbocycles. The van der Waals surface area contributed by atoms with Crippen LogP contribution in [0.5, 0.6) is 0 Å². The maximum Gasteiger partial charge on any atom is 0.416 e. The van der Waals surface area contributed by atoms with Gasteiger partial charge in [-0.1, -0.05) is 42.5 Å². The van der Waals surface area contributed by atoms with E-state index in [1.807, 2.05) is 48.5 Å².